The molecule has 1 unspecified atom stereocenters. The molecule has 0 saturated carbocycles. The number of hydrogen-bond acceptors (Lipinski definition) is 5. The molecule has 0 bridgehead atoms. The molecule has 18 heavy (non-hydrogen) atoms. The van der Waals surface area contributed by atoms with Crippen LogP contribution in [0.5, 0.6) is 17.2 Å². The maximum Gasteiger partial charge on any atom is 0.203 e. The average Bonchev–Trinajstić information content (AvgIpc) is 2.83. The van der Waals surface area contributed by atoms with E-state index >= 15 is 0 Å². The first kappa shape index (κ1) is 12.8. The topological polar surface area (TPSA) is 57.0 Å². The molecule has 0 amide bonds. The average molecular weight is 252 g/mol. The second-order valence-corrected chi connectivity index (χ2v) is 4.38. The second-order valence-electron chi connectivity index (χ2n) is 4.38. The molecule has 2 rings (SSSR count). The van der Waals surface area contributed by atoms with Crippen LogP contribution in [0, 0.1) is 0 Å². The van der Waals surface area contributed by atoms with Crippen LogP contribution in [0.4, 0.5) is 5.69 Å². The van der Waals surface area contributed by atoms with Gasteiger partial charge in [0.15, 0.2) is 11.5 Å². The summed E-state index contributed by atoms with van der Waals surface area (Å²) >= 11 is 0. The molecule has 5 nitrogen and oxygen atoms in total. The molecule has 1 aromatic rings. The van der Waals surface area contributed by atoms with Gasteiger partial charge in [0.05, 0.1) is 21.3 Å². The minimum Gasteiger partial charge on any atom is -0.493 e. The molecular weight excluding hydrogens is 232 g/mol. The van der Waals surface area contributed by atoms with Crippen molar-refractivity contribution in [1.82, 2.24) is 0 Å². The van der Waals surface area contributed by atoms with E-state index in [2.05, 4.69) is 4.90 Å². The molecule has 0 aromatic heterocycles. The van der Waals surface area contributed by atoms with Gasteiger partial charge in [-0.25, -0.2) is 0 Å². The third-order valence-electron chi connectivity index (χ3n) is 3.24. The van der Waals surface area contributed by atoms with Gasteiger partial charge in [0.1, 0.15) is 0 Å². The Balaban J connectivity index is 2.37. The maximum absolute atomic E-state index is 5.93. The van der Waals surface area contributed by atoms with E-state index in [-0.39, 0.29) is 6.04 Å². The third kappa shape index (κ3) is 2.31. The van der Waals surface area contributed by atoms with Crippen LogP contribution in [0.25, 0.3) is 0 Å². The Kier molecular flexibility index (Phi) is 3.81. The Hall–Kier alpha value is -1.62. The molecule has 0 radical (unpaired) electrons. The van der Waals surface area contributed by atoms with Crippen LogP contribution in [-0.4, -0.2) is 40.5 Å². The zero-order chi connectivity index (χ0) is 13.1. The summed E-state index contributed by atoms with van der Waals surface area (Å²) < 4.78 is 16.0. The zero-order valence-corrected chi connectivity index (χ0v) is 11.1. The molecule has 1 saturated heterocycles. The summed E-state index contributed by atoms with van der Waals surface area (Å²) in [6, 6.07) is 4.16. The van der Waals surface area contributed by atoms with Crippen molar-refractivity contribution in [3.05, 3.63) is 12.1 Å². The lowest BCUT2D eigenvalue weighted by atomic mass is 10.2. The van der Waals surface area contributed by atoms with Gasteiger partial charge in [0.2, 0.25) is 5.75 Å². The Morgan fingerprint density at radius 1 is 1.11 bits per heavy atom. The third-order valence-corrected chi connectivity index (χ3v) is 3.24. The van der Waals surface area contributed by atoms with E-state index in [9.17, 15) is 0 Å². The standard InChI is InChI=1S/C13H20N2O3/c1-16-11-6-10(15-5-4-9(14)8-15)7-12(17-2)13(11)18-3/h6-7,9H,4-5,8,14H2,1-3H3. The van der Waals surface area contributed by atoms with Crippen LogP contribution in [0.1, 0.15) is 6.42 Å². The largest absolute Gasteiger partial charge is 0.493 e. The molecule has 5 heteroatoms. The molecular formula is C13H20N2O3. The van der Waals surface area contributed by atoms with Crippen molar-refractivity contribution in [3.63, 3.8) is 0 Å². The van der Waals surface area contributed by atoms with E-state index in [1.165, 1.54) is 0 Å². The fourth-order valence-corrected chi connectivity index (χ4v) is 2.27. The van der Waals surface area contributed by atoms with Crippen molar-refractivity contribution in [3.8, 4) is 17.2 Å². The van der Waals surface area contributed by atoms with E-state index in [0.717, 1.165) is 25.2 Å². The number of benzene rings is 1. The number of ether oxygens (including phenoxy) is 3. The Morgan fingerprint density at radius 3 is 2.11 bits per heavy atom. The van der Waals surface area contributed by atoms with E-state index in [4.69, 9.17) is 19.9 Å². The normalized spacial score (nSPS) is 18.9. The lowest BCUT2D eigenvalue weighted by Gasteiger charge is -2.21. The SMILES string of the molecule is COc1cc(N2CCC(N)C2)cc(OC)c1OC. The van der Waals surface area contributed by atoms with Gasteiger partial charge < -0.3 is 24.8 Å². The van der Waals surface area contributed by atoms with E-state index in [1.54, 1.807) is 21.3 Å². The van der Waals surface area contributed by atoms with Crippen LogP contribution in [0.15, 0.2) is 12.1 Å². The second kappa shape index (κ2) is 5.35. The van der Waals surface area contributed by atoms with Gasteiger partial charge in [-0.15, -0.1) is 0 Å². The van der Waals surface area contributed by atoms with Crippen molar-refractivity contribution in [1.29, 1.82) is 0 Å². The molecule has 0 spiro atoms. The summed E-state index contributed by atoms with van der Waals surface area (Å²) in [6.07, 6.45) is 1.01. The summed E-state index contributed by atoms with van der Waals surface area (Å²) in [6.45, 7) is 1.82. The Bertz CT molecular complexity index is 398. The highest BCUT2D eigenvalue weighted by molar-refractivity contribution is 5.64. The molecule has 1 heterocycles. The molecule has 1 aliphatic rings. The van der Waals surface area contributed by atoms with Gasteiger partial charge in [-0.3, -0.25) is 0 Å². The minimum absolute atomic E-state index is 0.240. The highest BCUT2D eigenvalue weighted by atomic mass is 16.5. The van der Waals surface area contributed by atoms with Crippen LogP contribution in [0.3, 0.4) is 0 Å². The first-order valence-corrected chi connectivity index (χ1v) is 6.00. The summed E-state index contributed by atoms with van der Waals surface area (Å²) in [5, 5.41) is 0. The summed E-state index contributed by atoms with van der Waals surface area (Å²) in [5.74, 6) is 1.96. The van der Waals surface area contributed by atoms with Gasteiger partial charge in [-0.2, -0.15) is 0 Å². The number of nitrogens with zero attached hydrogens (tertiary/aromatic N) is 1. The first-order valence-electron chi connectivity index (χ1n) is 6.00. The van der Waals surface area contributed by atoms with E-state index < -0.39 is 0 Å². The van der Waals surface area contributed by atoms with Crippen molar-refractivity contribution in [2.45, 2.75) is 12.5 Å². The minimum atomic E-state index is 0.240. The lowest BCUT2D eigenvalue weighted by Crippen LogP contribution is -2.26. The van der Waals surface area contributed by atoms with E-state index in [1.807, 2.05) is 12.1 Å². The van der Waals surface area contributed by atoms with Crippen LogP contribution in [-0.2, 0) is 0 Å². The summed E-state index contributed by atoms with van der Waals surface area (Å²) in [7, 11) is 4.85. The molecule has 100 valence electrons. The number of nitrogens with two attached hydrogens (primary N) is 1. The molecule has 1 aliphatic heterocycles. The van der Waals surface area contributed by atoms with Gasteiger partial charge in [-0.1, -0.05) is 0 Å². The smallest absolute Gasteiger partial charge is 0.203 e. The monoisotopic (exact) mass is 252 g/mol. The molecule has 1 aromatic carbocycles. The first-order chi connectivity index (χ1) is 8.69. The highest BCUT2D eigenvalue weighted by Crippen LogP contribution is 2.41. The van der Waals surface area contributed by atoms with Crippen molar-refractivity contribution in [2.24, 2.45) is 5.73 Å². The van der Waals surface area contributed by atoms with Crippen molar-refractivity contribution in [2.75, 3.05) is 39.3 Å². The van der Waals surface area contributed by atoms with Crippen LogP contribution < -0.4 is 24.8 Å². The Labute approximate surface area is 107 Å². The lowest BCUT2D eigenvalue weighted by molar-refractivity contribution is 0.324. The number of hydrogen-bond donors (Lipinski definition) is 1. The summed E-state index contributed by atoms with van der Waals surface area (Å²) in [5.41, 5.74) is 6.98. The number of methoxy groups -OCH3 is 3. The zero-order valence-electron chi connectivity index (χ0n) is 11.1. The Morgan fingerprint density at radius 2 is 1.72 bits per heavy atom. The van der Waals surface area contributed by atoms with Crippen molar-refractivity contribution >= 4 is 5.69 Å². The van der Waals surface area contributed by atoms with Gasteiger partial charge >= 0.3 is 0 Å². The summed E-state index contributed by atoms with van der Waals surface area (Å²) in [4.78, 5) is 2.23. The number of rotatable bonds is 4. The predicted molar refractivity (Wildman–Crippen MR) is 70.9 cm³/mol. The van der Waals surface area contributed by atoms with Crippen molar-refractivity contribution < 1.29 is 14.2 Å². The molecule has 1 atom stereocenters. The quantitative estimate of drug-likeness (QED) is 0.874. The molecule has 0 aliphatic carbocycles. The van der Waals surface area contributed by atoms with Crippen LogP contribution in [0.2, 0.25) is 0 Å². The maximum atomic E-state index is 5.93. The number of anilines is 1. The van der Waals surface area contributed by atoms with Gasteiger partial charge in [0, 0.05) is 37.0 Å². The van der Waals surface area contributed by atoms with Crippen LogP contribution >= 0.6 is 0 Å². The molecule has 2 N–H and O–H groups in total. The van der Waals surface area contributed by atoms with Gasteiger partial charge in [-0.05, 0) is 6.42 Å². The fraction of sp³-hybridized carbons (Fsp3) is 0.538. The highest BCUT2D eigenvalue weighted by Gasteiger charge is 2.22. The predicted octanol–water partition coefficient (Wildman–Crippen LogP) is 1.25. The molecule has 1 fully saturated rings. The van der Waals surface area contributed by atoms with Gasteiger partial charge in [0.25, 0.3) is 0 Å². The fourth-order valence-electron chi connectivity index (χ4n) is 2.27. The van der Waals surface area contributed by atoms with E-state index in [0.29, 0.717) is 17.2 Å².